The van der Waals surface area contributed by atoms with Gasteiger partial charge in [-0.2, -0.15) is 0 Å². The highest BCUT2D eigenvalue weighted by atomic mass is 32.2. The molecular formula is C14H20N2O2S. The molecule has 104 valence electrons. The van der Waals surface area contributed by atoms with Crippen molar-refractivity contribution in [1.29, 1.82) is 0 Å². The Morgan fingerprint density at radius 3 is 2.74 bits per heavy atom. The minimum Gasteiger partial charge on any atom is -0.384 e. The van der Waals surface area contributed by atoms with Crippen molar-refractivity contribution >= 4 is 21.4 Å². The van der Waals surface area contributed by atoms with E-state index in [-0.39, 0.29) is 5.25 Å². The third-order valence-electron chi connectivity index (χ3n) is 4.07. The van der Waals surface area contributed by atoms with Gasteiger partial charge in [-0.25, -0.2) is 8.42 Å². The molecule has 0 unspecified atom stereocenters. The first-order valence-corrected chi connectivity index (χ1v) is 8.58. The quantitative estimate of drug-likeness (QED) is 0.895. The molecule has 3 rings (SSSR count). The largest absolute Gasteiger partial charge is 0.384 e. The zero-order chi connectivity index (χ0) is 13.3. The van der Waals surface area contributed by atoms with Crippen molar-refractivity contribution in [2.75, 3.05) is 16.6 Å². The molecule has 1 aliphatic heterocycles. The smallest absolute Gasteiger partial charge is 0.235 e. The molecule has 1 saturated carbocycles. The Morgan fingerprint density at radius 1 is 1.16 bits per heavy atom. The molecule has 0 bridgehead atoms. The fourth-order valence-corrected chi connectivity index (χ4v) is 4.57. The molecule has 0 saturated heterocycles. The summed E-state index contributed by atoms with van der Waals surface area (Å²) in [7, 11) is -3.22. The van der Waals surface area contributed by atoms with Crippen molar-refractivity contribution in [3.63, 3.8) is 0 Å². The van der Waals surface area contributed by atoms with E-state index in [4.69, 9.17) is 0 Å². The number of benzene rings is 1. The Kier molecular flexibility index (Phi) is 3.39. The Hall–Kier alpha value is -1.23. The summed E-state index contributed by atoms with van der Waals surface area (Å²) < 4.78 is 27.4. The van der Waals surface area contributed by atoms with Gasteiger partial charge in [-0.1, -0.05) is 19.3 Å². The minimum absolute atomic E-state index is 0.215. The lowest BCUT2D eigenvalue weighted by atomic mass is 10.0. The molecule has 0 atom stereocenters. The first-order valence-electron chi connectivity index (χ1n) is 7.03. The summed E-state index contributed by atoms with van der Waals surface area (Å²) in [4.78, 5) is 0. The van der Waals surface area contributed by atoms with Gasteiger partial charge < -0.3 is 5.32 Å². The summed E-state index contributed by atoms with van der Waals surface area (Å²) in [6.45, 7) is 0.939. The molecule has 1 aliphatic carbocycles. The highest BCUT2D eigenvalue weighted by Gasteiger charge is 2.27. The Bertz CT molecular complexity index is 563. The van der Waals surface area contributed by atoms with E-state index in [1.54, 1.807) is 0 Å². The highest BCUT2D eigenvalue weighted by Crippen LogP contribution is 2.28. The molecule has 1 heterocycles. The van der Waals surface area contributed by atoms with Gasteiger partial charge in [0, 0.05) is 17.9 Å². The summed E-state index contributed by atoms with van der Waals surface area (Å²) in [6, 6.07) is 5.76. The molecule has 1 aromatic carbocycles. The van der Waals surface area contributed by atoms with Gasteiger partial charge in [-0.3, -0.25) is 4.72 Å². The molecule has 5 heteroatoms. The van der Waals surface area contributed by atoms with Crippen molar-refractivity contribution in [2.45, 2.75) is 43.8 Å². The van der Waals surface area contributed by atoms with Crippen molar-refractivity contribution in [2.24, 2.45) is 0 Å². The zero-order valence-electron chi connectivity index (χ0n) is 11.0. The van der Waals surface area contributed by atoms with E-state index in [2.05, 4.69) is 10.0 Å². The van der Waals surface area contributed by atoms with Crippen LogP contribution in [0.1, 0.15) is 37.7 Å². The number of anilines is 2. The Labute approximate surface area is 114 Å². The number of hydrogen-bond donors (Lipinski definition) is 2. The maximum Gasteiger partial charge on any atom is 0.235 e. The molecule has 19 heavy (non-hydrogen) atoms. The Balaban J connectivity index is 1.76. The Morgan fingerprint density at radius 2 is 1.95 bits per heavy atom. The number of fused-ring (bicyclic) bond motifs is 1. The summed E-state index contributed by atoms with van der Waals surface area (Å²) in [5.41, 5.74) is 3.03. The molecule has 2 N–H and O–H groups in total. The van der Waals surface area contributed by atoms with Crippen molar-refractivity contribution in [3.05, 3.63) is 23.8 Å². The van der Waals surface area contributed by atoms with Crippen molar-refractivity contribution < 1.29 is 8.42 Å². The second-order valence-electron chi connectivity index (χ2n) is 5.46. The summed E-state index contributed by atoms with van der Waals surface area (Å²) in [6.07, 6.45) is 5.77. The monoisotopic (exact) mass is 280 g/mol. The maximum absolute atomic E-state index is 12.3. The van der Waals surface area contributed by atoms with Crippen LogP contribution >= 0.6 is 0 Å². The number of rotatable bonds is 3. The molecular weight excluding hydrogens is 260 g/mol. The van der Waals surface area contributed by atoms with Gasteiger partial charge in [0.1, 0.15) is 0 Å². The number of sulfonamides is 1. The van der Waals surface area contributed by atoms with Crippen LogP contribution in [0.4, 0.5) is 11.4 Å². The standard InChI is InChI=1S/C14H20N2O2S/c17-19(18,13-4-2-1-3-5-13)16-12-6-7-14-11(10-12)8-9-15-14/h6-7,10,13,15-16H,1-5,8-9H2. The minimum atomic E-state index is -3.22. The van der Waals surface area contributed by atoms with E-state index in [1.807, 2.05) is 18.2 Å². The number of hydrogen-bond acceptors (Lipinski definition) is 3. The lowest BCUT2D eigenvalue weighted by molar-refractivity contribution is 0.486. The van der Waals surface area contributed by atoms with E-state index in [9.17, 15) is 8.42 Å². The van der Waals surface area contributed by atoms with Crippen LogP contribution in [0.5, 0.6) is 0 Å². The zero-order valence-corrected chi connectivity index (χ0v) is 11.8. The summed E-state index contributed by atoms with van der Waals surface area (Å²) >= 11 is 0. The van der Waals surface area contributed by atoms with Gasteiger partial charge >= 0.3 is 0 Å². The van der Waals surface area contributed by atoms with E-state index in [1.165, 1.54) is 5.56 Å². The van der Waals surface area contributed by atoms with Crippen molar-refractivity contribution in [1.82, 2.24) is 0 Å². The first-order chi connectivity index (χ1) is 9.15. The van der Waals surface area contributed by atoms with Gasteiger partial charge in [0.15, 0.2) is 0 Å². The topological polar surface area (TPSA) is 58.2 Å². The summed E-state index contributed by atoms with van der Waals surface area (Å²) in [5.74, 6) is 0. The van der Waals surface area contributed by atoms with E-state index in [0.717, 1.165) is 50.8 Å². The predicted molar refractivity (Wildman–Crippen MR) is 78.1 cm³/mol. The average molecular weight is 280 g/mol. The van der Waals surface area contributed by atoms with Crippen LogP contribution in [0.3, 0.4) is 0 Å². The predicted octanol–water partition coefficient (Wildman–Crippen LogP) is 2.73. The summed E-state index contributed by atoms with van der Waals surface area (Å²) in [5, 5.41) is 3.06. The second kappa shape index (κ2) is 5.04. The van der Waals surface area contributed by atoms with Crippen LogP contribution < -0.4 is 10.0 Å². The fraction of sp³-hybridized carbons (Fsp3) is 0.571. The lowest BCUT2D eigenvalue weighted by Gasteiger charge is -2.22. The molecule has 0 amide bonds. The fourth-order valence-electron chi connectivity index (χ4n) is 2.99. The van der Waals surface area contributed by atoms with Crippen LogP contribution in [0.15, 0.2) is 18.2 Å². The van der Waals surface area contributed by atoms with E-state index >= 15 is 0 Å². The molecule has 2 aliphatic rings. The molecule has 1 fully saturated rings. The second-order valence-corrected chi connectivity index (χ2v) is 7.42. The van der Waals surface area contributed by atoms with Crippen LogP contribution in [-0.4, -0.2) is 20.2 Å². The SMILES string of the molecule is O=S(=O)(Nc1ccc2c(c1)CCN2)C1CCCCC1. The van der Waals surface area contributed by atoms with Crippen molar-refractivity contribution in [3.8, 4) is 0 Å². The van der Waals surface area contributed by atoms with Crippen LogP contribution in [0, 0.1) is 0 Å². The van der Waals surface area contributed by atoms with Gasteiger partial charge in [0.25, 0.3) is 0 Å². The molecule has 4 nitrogen and oxygen atoms in total. The van der Waals surface area contributed by atoms with E-state index < -0.39 is 10.0 Å². The normalized spacial score (nSPS) is 19.8. The number of nitrogens with one attached hydrogen (secondary N) is 2. The molecule has 0 radical (unpaired) electrons. The molecule has 0 aromatic heterocycles. The van der Waals surface area contributed by atoms with Gasteiger partial charge in [-0.05, 0) is 43.0 Å². The van der Waals surface area contributed by atoms with Crippen LogP contribution in [-0.2, 0) is 16.4 Å². The van der Waals surface area contributed by atoms with Crippen LogP contribution in [0.2, 0.25) is 0 Å². The first kappa shape index (κ1) is 12.8. The third-order valence-corrected chi connectivity index (χ3v) is 5.94. The van der Waals surface area contributed by atoms with Crippen LogP contribution in [0.25, 0.3) is 0 Å². The van der Waals surface area contributed by atoms with Gasteiger partial charge in [0.05, 0.1) is 5.25 Å². The average Bonchev–Trinajstić information content (AvgIpc) is 2.87. The van der Waals surface area contributed by atoms with Gasteiger partial charge in [0.2, 0.25) is 10.0 Å². The molecule has 1 aromatic rings. The van der Waals surface area contributed by atoms with E-state index in [0.29, 0.717) is 5.69 Å². The lowest BCUT2D eigenvalue weighted by Crippen LogP contribution is -2.29. The maximum atomic E-state index is 12.3. The third kappa shape index (κ3) is 2.71. The molecule has 0 spiro atoms. The highest BCUT2D eigenvalue weighted by molar-refractivity contribution is 7.93. The van der Waals surface area contributed by atoms with Gasteiger partial charge in [-0.15, -0.1) is 0 Å².